The fraction of sp³-hybridized carbons (Fsp3) is 0.133. The number of carboxylic acids is 1. The Kier molecular flexibility index (Phi) is 5.11. The number of anilines is 1. The average molecular weight is 365 g/mol. The lowest BCUT2D eigenvalue weighted by atomic mass is 10.2. The molecule has 2 rings (SSSR count). The van der Waals surface area contributed by atoms with Crippen LogP contribution < -0.4 is 10.1 Å². The predicted octanol–water partition coefficient (Wildman–Crippen LogP) is 3.08. The van der Waals surface area contributed by atoms with Crippen molar-refractivity contribution in [1.82, 2.24) is 4.98 Å². The van der Waals surface area contributed by atoms with Crippen molar-refractivity contribution in [3.8, 4) is 5.75 Å². The standard InChI is InChI=1S/C15H13BrN2O4/c1-9(19)17-11-7-12(16)18-13(15(20)21)14(11)22-8-10-5-3-2-4-6-10/h2-7H,8H2,1H3,(H,20,21)(H,17,18,19). The molecule has 0 unspecified atom stereocenters. The van der Waals surface area contributed by atoms with E-state index in [0.717, 1.165) is 5.56 Å². The van der Waals surface area contributed by atoms with Crippen LogP contribution in [0.4, 0.5) is 5.69 Å². The zero-order valence-corrected chi connectivity index (χ0v) is 13.3. The summed E-state index contributed by atoms with van der Waals surface area (Å²) in [6.07, 6.45) is 0. The Balaban J connectivity index is 2.37. The van der Waals surface area contributed by atoms with Gasteiger partial charge in [-0.3, -0.25) is 4.79 Å². The summed E-state index contributed by atoms with van der Waals surface area (Å²) in [5.74, 6) is -1.55. The molecule has 1 heterocycles. The second-order valence-electron chi connectivity index (χ2n) is 4.43. The molecular weight excluding hydrogens is 352 g/mol. The van der Waals surface area contributed by atoms with E-state index in [2.05, 4.69) is 26.2 Å². The molecule has 7 heteroatoms. The average Bonchev–Trinajstić information content (AvgIpc) is 2.46. The minimum absolute atomic E-state index is 0.0229. The highest BCUT2D eigenvalue weighted by Gasteiger charge is 2.20. The highest BCUT2D eigenvalue weighted by atomic mass is 79.9. The number of aromatic nitrogens is 1. The predicted molar refractivity (Wildman–Crippen MR) is 84.0 cm³/mol. The van der Waals surface area contributed by atoms with E-state index >= 15 is 0 Å². The molecule has 1 aromatic carbocycles. The first-order valence-corrected chi connectivity index (χ1v) is 7.15. The first kappa shape index (κ1) is 16.0. The summed E-state index contributed by atoms with van der Waals surface area (Å²) in [4.78, 5) is 26.5. The molecule has 2 aromatic rings. The summed E-state index contributed by atoms with van der Waals surface area (Å²) in [6.45, 7) is 1.49. The van der Waals surface area contributed by atoms with Crippen LogP contribution in [0.25, 0.3) is 0 Å². The lowest BCUT2D eigenvalue weighted by molar-refractivity contribution is -0.114. The van der Waals surface area contributed by atoms with Gasteiger partial charge in [0.2, 0.25) is 5.91 Å². The number of nitrogens with zero attached hydrogens (tertiary/aromatic N) is 1. The van der Waals surface area contributed by atoms with E-state index in [9.17, 15) is 14.7 Å². The molecule has 6 nitrogen and oxygen atoms in total. The van der Waals surface area contributed by atoms with Gasteiger partial charge < -0.3 is 15.2 Å². The zero-order chi connectivity index (χ0) is 16.1. The van der Waals surface area contributed by atoms with Crippen LogP contribution in [0.1, 0.15) is 23.0 Å². The molecule has 0 radical (unpaired) electrons. The van der Waals surface area contributed by atoms with Crippen LogP contribution in [0.3, 0.4) is 0 Å². The van der Waals surface area contributed by atoms with E-state index in [4.69, 9.17) is 4.74 Å². The zero-order valence-electron chi connectivity index (χ0n) is 11.7. The van der Waals surface area contributed by atoms with Gasteiger partial charge in [-0.2, -0.15) is 0 Å². The van der Waals surface area contributed by atoms with Crippen LogP contribution in [0.5, 0.6) is 5.75 Å². The van der Waals surface area contributed by atoms with Gasteiger partial charge in [0.15, 0.2) is 11.4 Å². The molecule has 0 aliphatic rings. The van der Waals surface area contributed by atoms with Crippen LogP contribution >= 0.6 is 15.9 Å². The van der Waals surface area contributed by atoms with Gasteiger partial charge in [-0.15, -0.1) is 0 Å². The van der Waals surface area contributed by atoms with E-state index in [1.807, 2.05) is 30.3 Å². The summed E-state index contributed by atoms with van der Waals surface area (Å²) >= 11 is 3.12. The highest BCUT2D eigenvalue weighted by molar-refractivity contribution is 9.10. The number of rotatable bonds is 5. The topological polar surface area (TPSA) is 88.5 Å². The first-order chi connectivity index (χ1) is 10.5. The Labute approximate surface area is 135 Å². The maximum atomic E-state index is 11.3. The number of benzene rings is 1. The molecule has 1 amide bonds. The van der Waals surface area contributed by atoms with Gasteiger partial charge in [0.25, 0.3) is 0 Å². The fourth-order valence-corrected chi connectivity index (χ4v) is 2.21. The lowest BCUT2D eigenvalue weighted by Gasteiger charge is -2.14. The number of carbonyl (C=O) groups is 2. The monoisotopic (exact) mass is 364 g/mol. The van der Waals surface area contributed by atoms with E-state index in [1.54, 1.807) is 0 Å². The number of carboxylic acid groups (broad SMARTS) is 1. The minimum Gasteiger partial charge on any atom is -0.484 e. The maximum absolute atomic E-state index is 11.3. The van der Waals surface area contributed by atoms with Crippen LogP contribution in [0.2, 0.25) is 0 Å². The second-order valence-corrected chi connectivity index (χ2v) is 5.24. The van der Waals surface area contributed by atoms with Crippen molar-refractivity contribution in [3.05, 3.63) is 52.3 Å². The molecule has 0 aliphatic carbocycles. The Morgan fingerprint density at radius 2 is 2.00 bits per heavy atom. The molecule has 114 valence electrons. The smallest absolute Gasteiger partial charge is 0.358 e. The minimum atomic E-state index is -1.24. The van der Waals surface area contributed by atoms with E-state index in [0.29, 0.717) is 4.60 Å². The van der Waals surface area contributed by atoms with E-state index in [-0.39, 0.29) is 29.6 Å². The Bertz CT molecular complexity index is 704. The number of aromatic carboxylic acids is 1. The maximum Gasteiger partial charge on any atom is 0.358 e. The van der Waals surface area contributed by atoms with Crippen molar-refractivity contribution in [1.29, 1.82) is 0 Å². The summed E-state index contributed by atoms with van der Waals surface area (Å²) in [6, 6.07) is 10.8. The number of hydrogen-bond acceptors (Lipinski definition) is 4. The quantitative estimate of drug-likeness (QED) is 0.795. The van der Waals surface area contributed by atoms with E-state index < -0.39 is 5.97 Å². The van der Waals surface area contributed by atoms with Crippen molar-refractivity contribution in [2.75, 3.05) is 5.32 Å². The number of carbonyl (C=O) groups excluding carboxylic acids is 1. The number of ether oxygens (including phenoxy) is 1. The second kappa shape index (κ2) is 7.04. The third kappa shape index (κ3) is 4.05. The molecule has 0 saturated carbocycles. The summed E-state index contributed by atoms with van der Waals surface area (Å²) < 4.78 is 5.88. The highest BCUT2D eigenvalue weighted by Crippen LogP contribution is 2.31. The number of hydrogen-bond donors (Lipinski definition) is 2. The molecule has 0 saturated heterocycles. The molecule has 0 fully saturated rings. The van der Waals surface area contributed by atoms with Gasteiger partial charge in [0.1, 0.15) is 11.2 Å². The Morgan fingerprint density at radius 1 is 1.32 bits per heavy atom. The molecule has 0 bridgehead atoms. The third-order valence-corrected chi connectivity index (χ3v) is 3.09. The first-order valence-electron chi connectivity index (χ1n) is 6.35. The number of amides is 1. The summed E-state index contributed by atoms with van der Waals surface area (Å²) in [5.41, 5.74) is 0.854. The number of nitrogens with one attached hydrogen (secondary N) is 1. The third-order valence-electron chi connectivity index (χ3n) is 2.68. The summed E-state index contributed by atoms with van der Waals surface area (Å²) in [7, 11) is 0. The molecular formula is C15H13BrN2O4. The molecule has 2 N–H and O–H groups in total. The van der Waals surface area contributed by atoms with Crippen molar-refractivity contribution >= 4 is 33.5 Å². The van der Waals surface area contributed by atoms with Crippen LogP contribution in [-0.2, 0) is 11.4 Å². The largest absolute Gasteiger partial charge is 0.484 e. The number of halogens is 1. The molecule has 0 atom stereocenters. The van der Waals surface area contributed by atoms with Crippen molar-refractivity contribution in [3.63, 3.8) is 0 Å². The molecule has 1 aromatic heterocycles. The number of pyridine rings is 1. The van der Waals surface area contributed by atoms with Gasteiger partial charge in [0.05, 0.1) is 5.69 Å². The summed E-state index contributed by atoms with van der Waals surface area (Å²) in [5, 5.41) is 11.8. The van der Waals surface area contributed by atoms with Crippen LogP contribution in [-0.4, -0.2) is 22.0 Å². The van der Waals surface area contributed by atoms with Gasteiger partial charge in [-0.25, -0.2) is 9.78 Å². The molecule has 0 spiro atoms. The SMILES string of the molecule is CC(=O)Nc1cc(Br)nc(C(=O)O)c1OCc1ccccc1. The Hall–Kier alpha value is -2.41. The lowest BCUT2D eigenvalue weighted by Crippen LogP contribution is -2.13. The van der Waals surface area contributed by atoms with Gasteiger partial charge in [-0.1, -0.05) is 30.3 Å². The van der Waals surface area contributed by atoms with Crippen molar-refractivity contribution in [2.24, 2.45) is 0 Å². The van der Waals surface area contributed by atoms with Crippen LogP contribution in [0.15, 0.2) is 41.0 Å². The molecule has 0 aliphatic heterocycles. The van der Waals surface area contributed by atoms with Gasteiger partial charge in [-0.05, 0) is 27.6 Å². The van der Waals surface area contributed by atoms with Crippen molar-refractivity contribution in [2.45, 2.75) is 13.5 Å². The fourth-order valence-electron chi connectivity index (χ4n) is 1.81. The Morgan fingerprint density at radius 3 is 2.59 bits per heavy atom. The van der Waals surface area contributed by atoms with E-state index in [1.165, 1.54) is 13.0 Å². The normalized spacial score (nSPS) is 10.1. The van der Waals surface area contributed by atoms with Gasteiger partial charge in [0, 0.05) is 6.92 Å². The molecule has 22 heavy (non-hydrogen) atoms. The van der Waals surface area contributed by atoms with Gasteiger partial charge >= 0.3 is 5.97 Å². The van der Waals surface area contributed by atoms with Crippen LogP contribution in [0, 0.1) is 0 Å². The van der Waals surface area contributed by atoms with Crippen molar-refractivity contribution < 1.29 is 19.4 Å².